The lowest BCUT2D eigenvalue weighted by Crippen LogP contribution is -2.48. The zero-order valence-electron chi connectivity index (χ0n) is 16.2. The molecule has 0 aliphatic carbocycles. The van der Waals surface area contributed by atoms with E-state index >= 15 is 0 Å². The Hall–Kier alpha value is -2.33. The molecule has 2 aromatic rings. The molecular formula is C23H28N2O2. The Bertz CT molecular complexity index is 808. The van der Waals surface area contributed by atoms with Crippen molar-refractivity contribution in [2.24, 2.45) is 0 Å². The first-order valence-corrected chi connectivity index (χ1v) is 9.90. The van der Waals surface area contributed by atoms with Crippen LogP contribution in [0.15, 0.2) is 48.5 Å². The van der Waals surface area contributed by atoms with Crippen LogP contribution in [0.4, 0.5) is 0 Å². The van der Waals surface area contributed by atoms with Crippen molar-refractivity contribution in [1.82, 2.24) is 10.2 Å². The third-order valence-electron chi connectivity index (χ3n) is 5.89. The molecular weight excluding hydrogens is 336 g/mol. The monoisotopic (exact) mass is 364 g/mol. The van der Waals surface area contributed by atoms with E-state index in [0.29, 0.717) is 30.3 Å². The SMILES string of the molecule is Cc1cccc(COc2cccc(C(=O)N(C)C3CC4CCC(C3)N4)c2)c1. The third-order valence-corrected chi connectivity index (χ3v) is 5.89. The number of aryl methyl sites for hydroxylation is 1. The van der Waals surface area contributed by atoms with Gasteiger partial charge in [-0.15, -0.1) is 0 Å². The van der Waals surface area contributed by atoms with Crippen molar-refractivity contribution in [2.45, 2.75) is 57.3 Å². The van der Waals surface area contributed by atoms with Crippen molar-refractivity contribution in [2.75, 3.05) is 7.05 Å². The van der Waals surface area contributed by atoms with E-state index in [0.717, 1.165) is 24.2 Å². The highest BCUT2D eigenvalue weighted by atomic mass is 16.5. The number of piperidine rings is 1. The number of carbonyl (C=O) groups excluding carboxylic acids is 1. The molecule has 2 aromatic carbocycles. The lowest BCUT2D eigenvalue weighted by molar-refractivity contribution is 0.0681. The zero-order chi connectivity index (χ0) is 18.8. The Morgan fingerprint density at radius 1 is 1.11 bits per heavy atom. The summed E-state index contributed by atoms with van der Waals surface area (Å²) in [4.78, 5) is 14.9. The largest absolute Gasteiger partial charge is 0.489 e. The maximum absolute atomic E-state index is 13.0. The maximum atomic E-state index is 13.0. The fraction of sp³-hybridized carbons (Fsp3) is 0.435. The molecule has 2 saturated heterocycles. The van der Waals surface area contributed by atoms with E-state index in [9.17, 15) is 4.79 Å². The summed E-state index contributed by atoms with van der Waals surface area (Å²) >= 11 is 0. The first-order valence-electron chi connectivity index (χ1n) is 9.90. The summed E-state index contributed by atoms with van der Waals surface area (Å²) in [7, 11) is 1.94. The van der Waals surface area contributed by atoms with E-state index in [4.69, 9.17) is 4.74 Å². The molecule has 4 nitrogen and oxygen atoms in total. The number of nitrogens with one attached hydrogen (secondary N) is 1. The molecule has 2 fully saturated rings. The number of carbonyl (C=O) groups is 1. The number of rotatable bonds is 5. The molecule has 4 heteroatoms. The van der Waals surface area contributed by atoms with Gasteiger partial charge >= 0.3 is 0 Å². The van der Waals surface area contributed by atoms with Gasteiger partial charge in [-0.25, -0.2) is 0 Å². The summed E-state index contributed by atoms with van der Waals surface area (Å²) in [6, 6.07) is 17.3. The quantitative estimate of drug-likeness (QED) is 0.874. The van der Waals surface area contributed by atoms with Gasteiger partial charge in [0.15, 0.2) is 0 Å². The molecule has 0 radical (unpaired) electrons. The highest BCUT2D eigenvalue weighted by Gasteiger charge is 2.36. The average Bonchev–Trinajstić information content (AvgIpc) is 3.03. The summed E-state index contributed by atoms with van der Waals surface area (Å²) in [6.07, 6.45) is 4.60. The molecule has 4 rings (SSSR count). The van der Waals surface area contributed by atoms with E-state index in [1.54, 1.807) is 0 Å². The molecule has 0 saturated carbocycles. The predicted molar refractivity (Wildman–Crippen MR) is 107 cm³/mol. The minimum atomic E-state index is 0.0855. The summed E-state index contributed by atoms with van der Waals surface area (Å²) in [5.41, 5.74) is 3.05. The van der Waals surface area contributed by atoms with Crippen molar-refractivity contribution in [3.05, 3.63) is 65.2 Å². The molecule has 27 heavy (non-hydrogen) atoms. The maximum Gasteiger partial charge on any atom is 0.253 e. The molecule has 2 aliphatic heterocycles. The number of benzene rings is 2. The Morgan fingerprint density at radius 2 is 1.85 bits per heavy atom. The molecule has 1 amide bonds. The molecule has 2 atom stereocenters. The second-order valence-electron chi connectivity index (χ2n) is 7.98. The van der Waals surface area contributed by atoms with Crippen LogP contribution in [0.1, 0.15) is 47.2 Å². The van der Waals surface area contributed by atoms with Gasteiger partial charge in [0.05, 0.1) is 0 Å². The van der Waals surface area contributed by atoms with Gasteiger partial charge in [0.25, 0.3) is 5.91 Å². The van der Waals surface area contributed by atoms with Crippen LogP contribution >= 0.6 is 0 Å². The topological polar surface area (TPSA) is 41.6 Å². The Morgan fingerprint density at radius 3 is 2.59 bits per heavy atom. The Balaban J connectivity index is 1.41. The van der Waals surface area contributed by atoms with Gasteiger partial charge in [-0.05, 0) is 56.4 Å². The first kappa shape index (κ1) is 18.1. The van der Waals surface area contributed by atoms with E-state index < -0.39 is 0 Å². The van der Waals surface area contributed by atoms with E-state index in [1.165, 1.54) is 18.4 Å². The summed E-state index contributed by atoms with van der Waals surface area (Å²) in [5.74, 6) is 0.823. The van der Waals surface area contributed by atoms with Crippen LogP contribution in [-0.2, 0) is 6.61 Å². The van der Waals surface area contributed by atoms with Gasteiger partial charge in [-0.1, -0.05) is 35.9 Å². The fourth-order valence-electron chi connectivity index (χ4n) is 4.40. The molecule has 2 bridgehead atoms. The molecule has 142 valence electrons. The van der Waals surface area contributed by atoms with Gasteiger partial charge in [0, 0.05) is 30.7 Å². The lowest BCUT2D eigenvalue weighted by Gasteiger charge is -2.35. The van der Waals surface area contributed by atoms with Crippen molar-refractivity contribution in [3.63, 3.8) is 0 Å². The van der Waals surface area contributed by atoms with E-state index in [1.807, 2.05) is 42.3 Å². The van der Waals surface area contributed by atoms with Crippen LogP contribution in [0, 0.1) is 6.92 Å². The van der Waals surface area contributed by atoms with Crippen molar-refractivity contribution in [1.29, 1.82) is 0 Å². The van der Waals surface area contributed by atoms with Gasteiger partial charge in [0.2, 0.25) is 0 Å². The van der Waals surface area contributed by atoms with Crippen molar-refractivity contribution < 1.29 is 9.53 Å². The number of nitrogens with zero attached hydrogens (tertiary/aromatic N) is 1. The van der Waals surface area contributed by atoms with E-state index in [2.05, 4.69) is 30.4 Å². The van der Waals surface area contributed by atoms with Crippen LogP contribution in [-0.4, -0.2) is 36.0 Å². The molecule has 2 heterocycles. The van der Waals surface area contributed by atoms with Gasteiger partial charge in [0.1, 0.15) is 12.4 Å². The van der Waals surface area contributed by atoms with Crippen LogP contribution in [0.25, 0.3) is 0 Å². The van der Waals surface area contributed by atoms with Crippen LogP contribution in [0.3, 0.4) is 0 Å². The zero-order valence-corrected chi connectivity index (χ0v) is 16.2. The second kappa shape index (κ2) is 7.73. The van der Waals surface area contributed by atoms with E-state index in [-0.39, 0.29) is 5.91 Å². The van der Waals surface area contributed by atoms with Crippen LogP contribution < -0.4 is 10.1 Å². The third kappa shape index (κ3) is 4.16. The Labute approximate surface area is 161 Å². The summed E-state index contributed by atoms with van der Waals surface area (Å²) in [6.45, 7) is 2.58. The second-order valence-corrected chi connectivity index (χ2v) is 7.98. The summed E-state index contributed by atoms with van der Waals surface area (Å²) < 4.78 is 5.93. The fourth-order valence-corrected chi connectivity index (χ4v) is 4.40. The number of fused-ring (bicyclic) bond motifs is 2. The standard InChI is InChI=1S/C23H28N2O2/c1-16-5-3-6-17(11-16)15-27-22-8-4-7-18(12-22)23(26)25(2)21-13-19-9-10-20(14-21)24-19/h3-8,11-12,19-21,24H,9-10,13-15H2,1-2H3. The molecule has 0 spiro atoms. The van der Waals surface area contributed by atoms with Crippen molar-refractivity contribution in [3.8, 4) is 5.75 Å². The normalized spacial score (nSPS) is 23.9. The minimum Gasteiger partial charge on any atom is -0.489 e. The highest BCUT2D eigenvalue weighted by Crippen LogP contribution is 2.30. The first-order chi connectivity index (χ1) is 13.1. The minimum absolute atomic E-state index is 0.0855. The molecule has 1 N–H and O–H groups in total. The number of ether oxygens (including phenoxy) is 1. The smallest absolute Gasteiger partial charge is 0.253 e. The predicted octanol–water partition coefficient (Wildman–Crippen LogP) is 3.93. The molecule has 0 aromatic heterocycles. The number of hydrogen-bond donors (Lipinski definition) is 1. The molecule has 2 aliphatic rings. The van der Waals surface area contributed by atoms with Crippen LogP contribution in [0.2, 0.25) is 0 Å². The van der Waals surface area contributed by atoms with Gasteiger partial charge < -0.3 is 15.0 Å². The summed E-state index contributed by atoms with van der Waals surface area (Å²) in [5, 5.41) is 3.64. The number of hydrogen-bond acceptors (Lipinski definition) is 3. The van der Waals surface area contributed by atoms with Crippen molar-refractivity contribution >= 4 is 5.91 Å². The Kier molecular flexibility index (Phi) is 5.17. The highest BCUT2D eigenvalue weighted by molar-refractivity contribution is 5.94. The van der Waals surface area contributed by atoms with Gasteiger partial charge in [-0.2, -0.15) is 0 Å². The number of amides is 1. The van der Waals surface area contributed by atoms with Gasteiger partial charge in [-0.3, -0.25) is 4.79 Å². The average molecular weight is 364 g/mol. The lowest BCUT2D eigenvalue weighted by atomic mass is 9.98. The molecule has 2 unspecified atom stereocenters. The van der Waals surface area contributed by atoms with Crippen LogP contribution in [0.5, 0.6) is 5.75 Å².